The molecule has 112 valence electrons. The number of hydrogen-bond donors (Lipinski definition) is 1. The van der Waals surface area contributed by atoms with Gasteiger partial charge in [0.15, 0.2) is 0 Å². The van der Waals surface area contributed by atoms with Gasteiger partial charge >= 0.3 is 0 Å². The van der Waals surface area contributed by atoms with E-state index in [4.69, 9.17) is 0 Å². The summed E-state index contributed by atoms with van der Waals surface area (Å²) in [4.78, 5) is 16.8. The highest BCUT2D eigenvalue weighted by Gasteiger charge is 2.17. The first-order valence-corrected chi connectivity index (χ1v) is 8.30. The maximum atomic E-state index is 12.4. The van der Waals surface area contributed by atoms with E-state index in [0.717, 1.165) is 46.7 Å². The van der Waals surface area contributed by atoms with E-state index in [1.54, 1.807) is 6.20 Å². The molecular formula is C17H21BrN2O. The molecule has 0 radical (unpaired) electrons. The molecule has 0 aliphatic rings. The van der Waals surface area contributed by atoms with E-state index in [9.17, 15) is 4.79 Å². The summed E-state index contributed by atoms with van der Waals surface area (Å²) in [5, 5.41) is 4.06. The predicted molar refractivity (Wildman–Crippen MR) is 91.4 cm³/mol. The standard InChI is InChI=1S/C17H21BrN2O/c1-3-5-7-12(4-2)17(21)20-15-9-6-8-13-10-14(18)11-19-16(13)15/h6,8-12H,3-5,7H2,1-2H3,(H,20,21). The fraction of sp³-hybridized carbons (Fsp3) is 0.412. The van der Waals surface area contributed by atoms with Gasteiger partial charge in [-0.05, 0) is 40.9 Å². The van der Waals surface area contributed by atoms with Gasteiger partial charge in [-0.2, -0.15) is 0 Å². The molecular weight excluding hydrogens is 328 g/mol. The lowest BCUT2D eigenvalue weighted by Crippen LogP contribution is -2.22. The summed E-state index contributed by atoms with van der Waals surface area (Å²) in [6.45, 7) is 4.22. The van der Waals surface area contributed by atoms with E-state index in [0.29, 0.717) is 0 Å². The molecule has 0 saturated heterocycles. The number of amides is 1. The first-order chi connectivity index (χ1) is 10.2. The van der Waals surface area contributed by atoms with Crippen LogP contribution in [0.4, 0.5) is 5.69 Å². The number of carbonyl (C=O) groups excluding carboxylic acids is 1. The minimum absolute atomic E-state index is 0.0793. The van der Waals surface area contributed by atoms with Crippen LogP contribution in [-0.2, 0) is 4.79 Å². The smallest absolute Gasteiger partial charge is 0.227 e. The molecule has 2 rings (SSSR count). The van der Waals surface area contributed by atoms with Gasteiger partial charge in [-0.25, -0.2) is 0 Å². The monoisotopic (exact) mass is 348 g/mol. The lowest BCUT2D eigenvalue weighted by Gasteiger charge is -2.15. The second-order valence-electron chi connectivity index (χ2n) is 5.27. The average Bonchev–Trinajstić information content (AvgIpc) is 2.48. The SMILES string of the molecule is CCCCC(CC)C(=O)Nc1cccc2cc(Br)cnc12. The van der Waals surface area contributed by atoms with Gasteiger partial charge in [0.2, 0.25) is 5.91 Å². The molecule has 4 heteroatoms. The summed E-state index contributed by atoms with van der Waals surface area (Å²) in [7, 11) is 0. The molecule has 2 aromatic rings. The van der Waals surface area contributed by atoms with Crippen LogP contribution in [0.1, 0.15) is 39.5 Å². The summed E-state index contributed by atoms with van der Waals surface area (Å²) < 4.78 is 0.938. The number of fused-ring (bicyclic) bond motifs is 1. The van der Waals surface area contributed by atoms with Gasteiger partial charge in [0.25, 0.3) is 0 Å². The summed E-state index contributed by atoms with van der Waals surface area (Å²) in [6, 6.07) is 7.86. The molecule has 21 heavy (non-hydrogen) atoms. The van der Waals surface area contributed by atoms with E-state index in [-0.39, 0.29) is 11.8 Å². The molecule has 1 aromatic heterocycles. The van der Waals surface area contributed by atoms with E-state index < -0.39 is 0 Å². The van der Waals surface area contributed by atoms with Crippen molar-refractivity contribution >= 4 is 38.4 Å². The number of rotatable bonds is 6. The Labute approximate surface area is 134 Å². The minimum Gasteiger partial charge on any atom is -0.324 e. The molecule has 1 amide bonds. The lowest BCUT2D eigenvalue weighted by atomic mass is 9.98. The van der Waals surface area contributed by atoms with Crippen LogP contribution in [0, 0.1) is 5.92 Å². The largest absolute Gasteiger partial charge is 0.324 e. The van der Waals surface area contributed by atoms with Crippen molar-refractivity contribution < 1.29 is 4.79 Å². The summed E-state index contributed by atoms with van der Waals surface area (Å²) in [5.41, 5.74) is 1.62. The molecule has 1 atom stereocenters. The number of nitrogens with one attached hydrogen (secondary N) is 1. The quantitative estimate of drug-likeness (QED) is 0.783. The number of anilines is 1. The predicted octanol–water partition coefficient (Wildman–Crippen LogP) is 5.15. The molecule has 1 aromatic carbocycles. The average molecular weight is 349 g/mol. The Morgan fingerprint density at radius 3 is 2.90 bits per heavy atom. The molecule has 3 nitrogen and oxygen atoms in total. The Hall–Kier alpha value is -1.42. The molecule has 0 saturated carbocycles. The van der Waals surface area contributed by atoms with Crippen molar-refractivity contribution in [3.63, 3.8) is 0 Å². The maximum absolute atomic E-state index is 12.4. The van der Waals surface area contributed by atoms with Crippen molar-refractivity contribution in [1.82, 2.24) is 4.98 Å². The molecule has 1 heterocycles. The number of halogens is 1. The Bertz CT molecular complexity index is 627. The van der Waals surface area contributed by atoms with Gasteiger partial charge in [-0.15, -0.1) is 0 Å². The zero-order chi connectivity index (χ0) is 15.2. The van der Waals surface area contributed by atoms with Gasteiger partial charge in [-0.3, -0.25) is 9.78 Å². The zero-order valence-corrected chi connectivity index (χ0v) is 14.1. The molecule has 0 aliphatic heterocycles. The number of aromatic nitrogens is 1. The highest BCUT2D eigenvalue weighted by atomic mass is 79.9. The molecule has 1 unspecified atom stereocenters. The van der Waals surface area contributed by atoms with Crippen molar-refractivity contribution in [2.24, 2.45) is 5.92 Å². The molecule has 1 N–H and O–H groups in total. The number of hydrogen-bond acceptors (Lipinski definition) is 2. The Morgan fingerprint density at radius 2 is 2.19 bits per heavy atom. The van der Waals surface area contributed by atoms with Crippen LogP contribution in [0.25, 0.3) is 10.9 Å². The van der Waals surface area contributed by atoms with Crippen LogP contribution in [0.3, 0.4) is 0 Å². The van der Waals surface area contributed by atoms with Crippen molar-refractivity contribution in [2.45, 2.75) is 39.5 Å². The Balaban J connectivity index is 2.20. The molecule has 0 aliphatic carbocycles. The molecule has 0 bridgehead atoms. The van der Waals surface area contributed by atoms with Crippen LogP contribution in [-0.4, -0.2) is 10.9 Å². The van der Waals surface area contributed by atoms with Crippen molar-refractivity contribution in [1.29, 1.82) is 0 Å². The fourth-order valence-corrected chi connectivity index (χ4v) is 2.79. The maximum Gasteiger partial charge on any atom is 0.227 e. The third kappa shape index (κ3) is 4.03. The van der Waals surface area contributed by atoms with E-state index in [2.05, 4.69) is 40.1 Å². The Morgan fingerprint density at radius 1 is 1.38 bits per heavy atom. The first kappa shape index (κ1) is 16.0. The number of pyridine rings is 1. The highest BCUT2D eigenvalue weighted by Crippen LogP contribution is 2.25. The van der Waals surface area contributed by atoms with Gasteiger partial charge in [0, 0.05) is 22.0 Å². The third-order valence-corrected chi connectivity index (χ3v) is 4.14. The Kier molecular flexibility index (Phi) is 5.74. The minimum atomic E-state index is 0.0793. The second-order valence-corrected chi connectivity index (χ2v) is 6.18. The van der Waals surface area contributed by atoms with Gasteiger partial charge in [0.05, 0.1) is 11.2 Å². The lowest BCUT2D eigenvalue weighted by molar-refractivity contribution is -0.120. The normalized spacial score (nSPS) is 12.3. The fourth-order valence-electron chi connectivity index (χ4n) is 2.44. The number of benzene rings is 1. The van der Waals surface area contributed by atoms with Crippen LogP contribution in [0.15, 0.2) is 34.9 Å². The first-order valence-electron chi connectivity index (χ1n) is 7.50. The van der Waals surface area contributed by atoms with E-state index >= 15 is 0 Å². The van der Waals surface area contributed by atoms with E-state index in [1.165, 1.54) is 0 Å². The molecule has 0 fully saturated rings. The third-order valence-electron chi connectivity index (χ3n) is 3.71. The van der Waals surface area contributed by atoms with Crippen LogP contribution in [0.2, 0.25) is 0 Å². The summed E-state index contributed by atoms with van der Waals surface area (Å²) in [5.74, 6) is 0.179. The van der Waals surface area contributed by atoms with Crippen molar-refractivity contribution in [2.75, 3.05) is 5.32 Å². The van der Waals surface area contributed by atoms with Gasteiger partial charge in [0.1, 0.15) is 0 Å². The van der Waals surface area contributed by atoms with Gasteiger partial charge in [-0.1, -0.05) is 38.8 Å². The summed E-state index contributed by atoms with van der Waals surface area (Å²) >= 11 is 3.42. The van der Waals surface area contributed by atoms with Gasteiger partial charge < -0.3 is 5.32 Å². The number of para-hydroxylation sites is 1. The zero-order valence-electron chi connectivity index (χ0n) is 12.5. The number of unbranched alkanes of at least 4 members (excludes halogenated alkanes) is 1. The van der Waals surface area contributed by atoms with Crippen LogP contribution >= 0.6 is 15.9 Å². The van der Waals surface area contributed by atoms with Crippen LogP contribution in [0.5, 0.6) is 0 Å². The van der Waals surface area contributed by atoms with Crippen molar-refractivity contribution in [3.05, 3.63) is 34.9 Å². The van der Waals surface area contributed by atoms with Crippen LogP contribution < -0.4 is 5.32 Å². The van der Waals surface area contributed by atoms with E-state index in [1.807, 2.05) is 24.3 Å². The summed E-state index contributed by atoms with van der Waals surface area (Å²) in [6.07, 6.45) is 5.78. The number of carbonyl (C=O) groups is 1. The second kappa shape index (κ2) is 7.55. The number of nitrogens with zero attached hydrogens (tertiary/aromatic N) is 1. The van der Waals surface area contributed by atoms with Crippen molar-refractivity contribution in [3.8, 4) is 0 Å². The topological polar surface area (TPSA) is 42.0 Å². The highest BCUT2D eigenvalue weighted by molar-refractivity contribution is 9.10. The molecule has 0 spiro atoms.